The van der Waals surface area contributed by atoms with Gasteiger partial charge in [0.15, 0.2) is 0 Å². The Morgan fingerprint density at radius 1 is 1.33 bits per heavy atom. The number of likely N-dealkylation sites (N-methyl/N-ethyl adjacent to an activating group) is 1. The smallest absolute Gasteiger partial charge is 0.387 e. The molecule has 0 bridgehead atoms. The highest BCUT2D eigenvalue weighted by atomic mass is 19.4. The van der Waals surface area contributed by atoms with Gasteiger partial charge in [-0.3, -0.25) is 0 Å². The first-order valence-corrected chi connectivity index (χ1v) is 6.61. The van der Waals surface area contributed by atoms with Crippen LogP contribution < -0.4 is 0 Å². The number of aliphatic hydroxyl groups is 1. The fourth-order valence-corrected chi connectivity index (χ4v) is 1.82. The summed E-state index contributed by atoms with van der Waals surface area (Å²) in [5.74, 6) is -2.24. The third-order valence-corrected chi connectivity index (χ3v) is 3.15. The standard InChI is InChI=1S/C12H21F3N2O4/c1-16(2)7-8-20-9-11(19)3-5-17(6-4-11)21-10(18)12(13,14)15/h19H,3-9H2,1-2H3. The second-order valence-electron chi connectivity index (χ2n) is 5.39. The monoisotopic (exact) mass is 314 g/mol. The van der Waals surface area contributed by atoms with Crippen molar-refractivity contribution in [3.05, 3.63) is 0 Å². The molecule has 0 saturated carbocycles. The topological polar surface area (TPSA) is 62.2 Å². The maximum absolute atomic E-state index is 12.1. The van der Waals surface area contributed by atoms with Crippen LogP contribution in [0, 0.1) is 0 Å². The number of alkyl halides is 3. The van der Waals surface area contributed by atoms with Gasteiger partial charge in [-0.05, 0) is 26.9 Å². The van der Waals surface area contributed by atoms with E-state index in [0.29, 0.717) is 13.2 Å². The van der Waals surface area contributed by atoms with Crippen molar-refractivity contribution in [2.24, 2.45) is 0 Å². The zero-order chi connectivity index (χ0) is 16.1. The normalized spacial score (nSPS) is 19.8. The molecule has 1 fully saturated rings. The molecule has 1 rings (SSSR count). The zero-order valence-corrected chi connectivity index (χ0v) is 12.2. The summed E-state index contributed by atoms with van der Waals surface area (Å²) in [5, 5.41) is 11.1. The van der Waals surface area contributed by atoms with Crippen molar-refractivity contribution < 1.29 is 32.6 Å². The lowest BCUT2D eigenvalue weighted by molar-refractivity contribution is -0.248. The molecule has 0 aliphatic carbocycles. The fourth-order valence-electron chi connectivity index (χ4n) is 1.82. The summed E-state index contributed by atoms with van der Waals surface area (Å²) in [6, 6.07) is 0. The summed E-state index contributed by atoms with van der Waals surface area (Å²) in [4.78, 5) is 16.8. The lowest BCUT2D eigenvalue weighted by Gasteiger charge is -2.36. The van der Waals surface area contributed by atoms with Gasteiger partial charge in [-0.15, -0.1) is 5.06 Å². The van der Waals surface area contributed by atoms with E-state index in [1.807, 2.05) is 19.0 Å². The number of nitrogens with zero attached hydrogens (tertiary/aromatic N) is 2. The number of hydrogen-bond acceptors (Lipinski definition) is 6. The summed E-state index contributed by atoms with van der Waals surface area (Å²) in [6.07, 6.45) is -4.65. The molecule has 0 atom stereocenters. The first kappa shape index (κ1) is 18.1. The second kappa shape index (κ2) is 7.39. The average molecular weight is 314 g/mol. The van der Waals surface area contributed by atoms with E-state index >= 15 is 0 Å². The molecule has 1 saturated heterocycles. The Morgan fingerprint density at radius 3 is 2.38 bits per heavy atom. The van der Waals surface area contributed by atoms with E-state index < -0.39 is 17.7 Å². The van der Waals surface area contributed by atoms with Crippen molar-refractivity contribution in [3.8, 4) is 0 Å². The van der Waals surface area contributed by atoms with Crippen LogP contribution >= 0.6 is 0 Å². The Morgan fingerprint density at radius 2 is 1.90 bits per heavy atom. The third kappa shape index (κ3) is 6.60. The summed E-state index contributed by atoms with van der Waals surface area (Å²) in [6.45, 7) is 1.36. The van der Waals surface area contributed by atoms with Crippen LogP contribution in [-0.4, -0.2) is 79.8 Å². The molecule has 124 valence electrons. The van der Waals surface area contributed by atoms with Crippen molar-refractivity contribution in [1.29, 1.82) is 0 Å². The summed E-state index contributed by atoms with van der Waals surface area (Å²) in [5.41, 5.74) is -1.09. The van der Waals surface area contributed by atoms with Crippen molar-refractivity contribution in [2.45, 2.75) is 24.6 Å². The van der Waals surface area contributed by atoms with Gasteiger partial charge in [-0.2, -0.15) is 13.2 Å². The molecular weight excluding hydrogens is 293 g/mol. The molecule has 0 aromatic rings. The van der Waals surface area contributed by atoms with Crippen LogP contribution in [-0.2, 0) is 14.4 Å². The van der Waals surface area contributed by atoms with Gasteiger partial charge in [0.1, 0.15) is 0 Å². The molecule has 0 aromatic heterocycles. The average Bonchev–Trinajstić information content (AvgIpc) is 2.36. The number of hydrogen-bond donors (Lipinski definition) is 1. The number of piperidine rings is 1. The quantitative estimate of drug-likeness (QED) is 0.717. The van der Waals surface area contributed by atoms with Gasteiger partial charge >= 0.3 is 12.1 Å². The second-order valence-corrected chi connectivity index (χ2v) is 5.39. The van der Waals surface area contributed by atoms with Gasteiger partial charge in [0.05, 0.1) is 18.8 Å². The number of halogens is 3. The predicted molar refractivity (Wildman–Crippen MR) is 67.3 cm³/mol. The van der Waals surface area contributed by atoms with Gasteiger partial charge in [-0.25, -0.2) is 4.79 Å². The van der Waals surface area contributed by atoms with Gasteiger partial charge in [0.25, 0.3) is 0 Å². The molecule has 0 amide bonds. The molecule has 6 nitrogen and oxygen atoms in total. The zero-order valence-electron chi connectivity index (χ0n) is 12.2. The Kier molecular flexibility index (Phi) is 6.39. The van der Waals surface area contributed by atoms with E-state index in [4.69, 9.17) is 4.74 Å². The van der Waals surface area contributed by atoms with Gasteiger partial charge < -0.3 is 19.6 Å². The molecule has 0 radical (unpaired) electrons. The number of carbonyl (C=O) groups is 1. The maximum Gasteiger partial charge on any atom is 0.492 e. The molecular formula is C12H21F3N2O4. The van der Waals surface area contributed by atoms with Crippen LogP contribution in [0.2, 0.25) is 0 Å². The van der Waals surface area contributed by atoms with Crippen molar-refractivity contribution in [2.75, 3.05) is 46.9 Å². The first-order chi connectivity index (χ1) is 9.62. The molecule has 0 spiro atoms. The van der Waals surface area contributed by atoms with E-state index in [2.05, 4.69) is 4.84 Å². The van der Waals surface area contributed by atoms with E-state index in [1.165, 1.54) is 0 Å². The maximum atomic E-state index is 12.1. The Bertz CT molecular complexity index is 342. The number of carbonyl (C=O) groups excluding carboxylic acids is 1. The van der Waals surface area contributed by atoms with Crippen molar-refractivity contribution >= 4 is 5.97 Å². The Balaban J connectivity index is 2.29. The summed E-state index contributed by atoms with van der Waals surface area (Å²) >= 11 is 0. The van der Waals surface area contributed by atoms with E-state index in [-0.39, 0.29) is 32.5 Å². The number of hydroxylamine groups is 2. The Hall–Kier alpha value is -0.900. The van der Waals surface area contributed by atoms with Gasteiger partial charge in [0.2, 0.25) is 0 Å². The Labute approximate surface area is 121 Å². The molecule has 9 heteroatoms. The van der Waals surface area contributed by atoms with Crippen LogP contribution in [0.25, 0.3) is 0 Å². The van der Waals surface area contributed by atoms with E-state index in [9.17, 15) is 23.1 Å². The largest absolute Gasteiger partial charge is 0.492 e. The lowest BCUT2D eigenvalue weighted by Crippen LogP contribution is -2.48. The lowest BCUT2D eigenvalue weighted by atomic mass is 9.93. The molecule has 21 heavy (non-hydrogen) atoms. The van der Waals surface area contributed by atoms with Crippen LogP contribution in [0.3, 0.4) is 0 Å². The molecule has 1 N–H and O–H groups in total. The molecule has 1 heterocycles. The minimum Gasteiger partial charge on any atom is -0.387 e. The van der Waals surface area contributed by atoms with Crippen molar-refractivity contribution in [3.63, 3.8) is 0 Å². The van der Waals surface area contributed by atoms with Gasteiger partial charge in [0, 0.05) is 19.6 Å². The first-order valence-electron chi connectivity index (χ1n) is 6.61. The minimum atomic E-state index is -5.01. The highest BCUT2D eigenvalue weighted by Gasteiger charge is 2.43. The van der Waals surface area contributed by atoms with Gasteiger partial charge in [-0.1, -0.05) is 0 Å². The van der Waals surface area contributed by atoms with E-state index in [0.717, 1.165) is 5.06 Å². The summed E-state index contributed by atoms with van der Waals surface area (Å²) < 4.78 is 41.5. The van der Waals surface area contributed by atoms with Crippen molar-refractivity contribution in [1.82, 2.24) is 9.96 Å². The highest BCUT2D eigenvalue weighted by molar-refractivity contribution is 5.75. The van der Waals surface area contributed by atoms with Crippen LogP contribution in [0.4, 0.5) is 13.2 Å². The number of ether oxygens (including phenoxy) is 1. The van der Waals surface area contributed by atoms with Crippen LogP contribution in [0.5, 0.6) is 0 Å². The van der Waals surface area contributed by atoms with E-state index in [1.54, 1.807) is 0 Å². The molecule has 0 unspecified atom stereocenters. The summed E-state index contributed by atoms with van der Waals surface area (Å²) in [7, 11) is 3.79. The molecule has 1 aliphatic heterocycles. The third-order valence-electron chi connectivity index (χ3n) is 3.15. The fraction of sp³-hybridized carbons (Fsp3) is 0.917. The highest BCUT2D eigenvalue weighted by Crippen LogP contribution is 2.24. The van der Waals surface area contributed by atoms with Crippen LogP contribution in [0.15, 0.2) is 0 Å². The number of rotatable bonds is 6. The molecule has 0 aromatic carbocycles. The molecule has 1 aliphatic rings. The minimum absolute atomic E-state index is 0.0371. The van der Waals surface area contributed by atoms with Crippen LogP contribution in [0.1, 0.15) is 12.8 Å². The predicted octanol–water partition coefficient (Wildman–Crippen LogP) is 0.412. The SMILES string of the molecule is CN(C)CCOCC1(O)CCN(OC(=O)C(F)(F)F)CC1.